The summed E-state index contributed by atoms with van der Waals surface area (Å²) in [7, 11) is 0. The molecule has 0 heterocycles. The molecule has 88 valence electrons. The maximum atomic E-state index is 11.9. The van der Waals surface area contributed by atoms with Gasteiger partial charge in [0.25, 0.3) is 0 Å². The molecule has 1 amide bonds. The van der Waals surface area contributed by atoms with Gasteiger partial charge in [-0.3, -0.25) is 4.79 Å². The Morgan fingerprint density at radius 3 is 2.38 bits per heavy atom. The second-order valence-electron chi connectivity index (χ2n) is 4.18. The van der Waals surface area contributed by atoms with Gasteiger partial charge < -0.3 is 4.90 Å². The molecule has 16 heavy (non-hydrogen) atoms. The van der Waals surface area contributed by atoms with Crippen LogP contribution in [-0.2, 0) is 4.79 Å². The minimum absolute atomic E-state index is 0.144. The van der Waals surface area contributed by atoms with Crippen LogP contribution in [0.25, 0.3) is 0 Å². The van der Waals surface area contributed by atoms with Crippen LogP contribution >= 0.6 is 0 Å². The van der Waals surface area contributed by atoms with Crippen LogP contribution in [0.15, 0.2) is 0 Å². The molecule has 0 bridgehead atoms. The van der Waals surface area contributed by atoms with Crippen molar-refractivity contribution in [3.63, 3.8) is 0 Å². The van der Waals surface area contributed by atoms with E-state index in [1.807, 2.05) is 32.9 Å². The van der Waals surface area contributed by atoms with Crippen LogP contribution in [0.3, 0.4) is 0 Å². The normalized spacial score (nSPS) is 11.6. The summed E-state index contributed by atoms with van der Waals surface area (Å²) in [5, 5.41) is 17.4. The molecule has 0 aromatic carbocycles. The number of nitrogens with zero attached hydrogens (tertiary/aromatic N) is 3. The molecule has 1 atom stereocenters. The lowest BCUT2D eigenvalue weighted by Gasteiger charge is -2.25. The Hall–Kier alpha value is -1.55. The Bertz CT molecular complexity index is 298. The summed E-state index contributed by atoms with van der Waals surface area (Å²) in [6.07, 6.45) is 0.844. The van der Waals surface area contributed by atoms with Crippen molar-refractivity contribution in [3.8, 4) is 12.1 Å². The Morgan fingerprint density at radius 2 is 2.00 bits per heavy atom. The molecular weight excluding hydrogens is 202 g/mol. The van der Waals surface area contributed by atoms with E-state index in [0.29, 0.717) is 31.8 Å². The van der Waals surface area contributed by atoms with Gasteiger partial charge in [0.2, 0.25) is 5.91 Å². The molecule has 0 aliphatic rings. The summed E-state index contributed by atoms with van der Waals surface area (Å²) < 4.78 is 0. The number of hydrogen-bond acceptors (Lipinski definition) is 3. The molecule has 0 aliphatic heterocycles. The number of carbonyl (C=O) groups is 1. The van der Waals surface area contributed by atoms with Gasteiger partial charge in [0, 0.05) is 13.1 Å². The SMILES string of the molecule is CCC(C#N)C(=O)N(CCC#N)CC(C)C. The minimum atomic E-state index is -0.572. The zero-order valence-electron chi connectivity index (χ0n) is 10.2. The number of hydrogen-bond donors (Lipinski definition) is 0. The van der Waals surface area contributed by atoms with Crippen molar-refractivity contribution >= 4 is 5.91 Å². The van der Waals surface area contributed by atoms with Crippen LogP contribution in [-0.4, -0.2) is 23.9 Å². The third kappa shape index (κ3) is 4.79. The molecule has 4 nitrogen and oxygen atoms in total. The Balaban J connectivity index is 4.56. The highest BCUT2D eigenvalue weighted by molar-refractivity contribution is 5.81. The molecular formula is C12H19N3O. The van der Waals surface area contributed by atoms with E-state index in [1.165, 1.54) is 0 Å². The van der Waals surface area contributed by atoms with Gasteiger partial charge in [-0.15, -0.1) is 0 Å². The highest BCUT2D eigenvalue weighted by Crippen LogP contribution is 2.09. The summed E-state index contributed by atoms with van der Waals surface area (Å²) in [6, 6.07) is 4.03. The van der Waals surface area contributed by atoms with E-state index in [0.717, 1.165) is 0 Å². The van der Waals surface area contributed by atoms with Crippen LogP contribution in [0.2, 0.25) is 0 Å². The van der Waals surface area contributed by atoms with Crippen LogP contribution < -0.4 is 0 Å². The molecule has 0 aromatic heterocycles. The smallest absolute Gasteiger partial charge is 0.239 e. The maximum Gasteiger partial charge on any atom is 0.239 e. The highest BCUT2D eigenvalue weighted by Gasteiger charge is 2.22. The van der Waals surface area contributed by atoms with Gasteiger partial charge in [-0.25, -0.2) is 0 Å². The first-order chi connectivity index (χ1) is 7.56. The Morgan fingerprint density at radius 1 is 1.38 bits per heavy atom. The standard InChI is InChI=1S/C12H19N3O/c1-4-11(8-14)12(16)15(7-5-6-13)9-10(2)3/h10-11H,4-5,7,9H2,1-3H3. The van der Waals surface area contributed by atoms with Crippen LogP contribution in [0, 0.1) is 34.5 Å². The van der Waals surface area contributed by atoms with Crippen molar-refractivity contribution in [1.29, 1.82) is 10.5 Å². The average molecular weight is 221 g/mol. The lowest BCUT2D eigenvalue weighted by molar-refractivity contribution is -0.134. The van der Waals surface area contributed by atoms with Gasteiger partial charge in [-0.05, 0) is 12.3 Å². The molecule has 0 saturated heterocycles. The van der Waals surface area contributed by atoms with Crippen LogP contribution in [0.1, 0.15) is 33.6 Å². The average Bonchev–Trinajstić information content (AvgIpc) is 2.25. The van der Waals surface area contributed by atoms with Crippen molar-refractivity contribution in [2.75, 3.05) is 13.1 Å². The van der Waals surface area contributed by atoms with E-state index in [9.17, 15) is 4.79 Å². The lowest BCUT2D eigenvalue weighted by atomic mass is 10.1. The first-order valence-corrected chi connectivity index (χ1v) is 5.62. The number of nitriles is 2. The number of rotatable bonds is 6. The lowest BCUT2D eigenvalue weighted by Crippen LogP contribution is -2.38. The molecule has 4 heteroatoms. The quantitative estimate of drug-likeness (QED) is 0.688. The molecule has 0 rings (SSSR count). The third-order valence-corrected chi connectivity index (χ3v) is 2.25. The predicted molar refractivity (Wildman–Crippen MR) is 61.0 cm³/mol. The fraction of sp³-hybridized carbons (Fsp3) is 0.750. The van der Waals surface area contributed by atoms with Crippen molar-refractivity contribution in [3.05, 3.63) is 0 Å². The predicted octanol–water partition coefficient (Wildman–Crippen LogP) is 1.93. The van der Waals surface area contributed by atoms with Crippen molar-refractivity contribution < 1.29 is 4.79 Å². The second kappa shape index (κ2) is 7.70. The van der Waals surface area contributed by atoms with Gasteiger partial charge >= 0.3 is 0 Å². The van der Waals surface area contributed by atoms with E-state index in [1.54, 1.807) is 4.90 Å². The van der Waals surface area contributed by atoms with Crippen LogP contribution in [0.4, 0.5) is 0 Å². The van der Waals surface area contributed by atoms with E-state index in [4.69, 9.17) is 10.5 Å². The largest absolute Gasteiger partial charge is 0.340 e. The van der Waals surface area contributed by atoms with E-state index >= 15 is 0 Å². The first-order valence-electron chi connectivity index (χ1n) is 5.62. The van der Waals surface area contributed by atoms with Crippen LogP contribution in [0.5, 0.6) is 0 Å². The monoisotopic (exact) mass is 221 g/mol. The summed E-state index contributed by atoms with van der Waals surface area (Å²) in [6.45, 7) is 6.88. The van der Waals surface area contributed by atoms with E-state index in [-0.39, 0.29) is 5.91 Å². The summed E-state index contributed by atoms with van der Waals surface area (Å²) in [5.41, 5.74) is 0. The highest BCUT2D eigenvalue weighted by atomic mass is 16.2. The zero-order chi connectivity index (χ0) is 12.6. The fourth-order valence-electron chi connectivity index (χ4n) is 1.46. The topological polar surface area (TPSA) is 67.9 Å². The van der Waals surface area contributed by atoms with Crippen molar-refractivity contribution in [2.24, 2.45) is 11.8 Å². The summed E-state index contributed by atoms with van der Waals surface area (Å²) >= 11 is 0. The Kier molecular flexibility index (Phi) is 6.96. The van der Waals surface area contributed by atoms with E-state index < -0.39 is 5.92 Å². The molecule has 0 aliphatic carbocycles. The molecule has 0 N–H and O–H groups in total. The summed E-state index contributed by atoms with van der Waals surface area (Å²) in [5.74, 6) is -0.370. The van der Waals surface area contributed by atoms with Gasteiger partial charge in [-0.1, -0.05) is 20.8 Å². The van der Waals surface area contributed by atoms with Crippen molar-refractivity contribution in [1.82, 2.24) is 4.90 Å². The fourth-order valence-corrected chi connectivity index (χ4v) is 1.46. The van der Waals surface area contributed by atoms with Gasteiger partial charge in [0.1, 0.15) is 5.92 Å². The molecule has 0 fully saturated rings. The van der Waals surface area contributed by atoms with Gasteiger partial charge in [-0.2, -0.15) is 10.5 Å². The first kappa shape index (κ1) is 14.5. The number of carbonyl (C=O) groups excluding carboxylic acids is 1. The minimum Gasteiger partial charge on any atom is -0.340 e. The molecule has 0 saturated carbocycles. The zero-order valence-corrected chi connectivity index (χ0v) is 10.2. The molecule has 1 unspecified atom stereocenters. The van der Waals surface area contributed by atoms with Gasteiger partial charge in [0.05, 0.1) is 18.6 Å². The van der Waals surface area contributed by atoms with Gasteiger partial charge in [0.15, 0.2) is 0 Å². The Labute approximate surface area is 97.5 Å². The molecule has 0 aromatic rings. The van der Waals surface area contributed by atoms with E-state index in [2.05, 4.69) is 0 Å². The van der Waals surface area contributed by atoms with Crippen molar-refractivity contribution in [2.45, 2.75) is 33.6 Å². The molecule has 0 spiro atoms. The second-order valence-corrected chi connectivity index (χ2v) is 4.18. The summed E-state index contributed by atoms with van der Waals surface area (Å²) in [4.78, 5) is 13.6. The maximum absolute atomic E-state index is 11.9. The number of amides is 1. The molecule has 0 radical (unpaired) electrons. The third-order valence-electron chi connectivity index (χ3n) is 2.25.